The molecule has 0 fully saturated rings. The Hall–Kier alpha value is -1.41. The molecule has 0 bridgehead atoms. The van der Waals surface area contributed by atoms with E-state index in [1.165, 1.54) is 5.39 Å². The number of nitrogens with zero attached hydrogens (tertiary/aromatic N) is 1. The minimum absolute atomic E-state index is 0.291. The maximum Gasteiger partial charge on any atom is 0.0552 e. The third kappa shape index (κ3) is 2.34. The highest BCUT2D eigenvalue weighted by molar-refractivity contribution is 5.82. The molecule has 1 N–H and O–H groups in total. The Balaban J connectivity index is 2.43. The van der Waals surface area contributed by atoms with Gasteiger partial charge in [-0.05, 0) is 43.4 Å². The molecule has 0 aliphatic carbocycles. The highest BCUT2D eigenvalue weighted by Crippen LogP contribution is 2.16. The predicted molar refractivity (Wildman–Crippen MR) is 61.9 cm³/mol. The second-order valence-electron chi connectivity index (χ2n) is 4.06. The van der Waals surface area contributed by atoms with Crippen LogP contribution in [0.1, 0.15) is 18.2 Å². The summed E-state index contributed by atoms with van der Waals surface area (Å²) in [5.41, 5.74) is 2.19. The lowest BCUT2D eigenvalue weighted by molar-refractivity contribution is 0.195. The molecule has 1 heterocycles. The fraction of sp³-hybridized carbons (Fsp3) is 0.308. The molecule has 2 rings (SSSR count). The summed E-state index contributed by atoms with van der Waals surface area (Å²) in [6, 6.07) is 8.31. The number of hydrogen-bond acceptors (Lipinski definition) is 2. The summed E-state index contributed by atoms with van der Waals surface area (Å²) in [5.74, 6) is 0. The van der Waals surface area contributed by atoms with E-state index >= 15 is 0 Å². The molecule has 0 saturated carbocycles. The van der Waals surface area contributed by atoms with Gasteiger partial charge in [0.15, 0.2) is 0 Å². The van der Waals surface area contributed by atoms with E-state index in [0.717, 1.165) is 16.6 Å². The predicted octanol–water partition coefficient (Wildman–Crippen LogP) is 2.47. The van der Waals surface area contributed by atoms with Crippen molar-refractivity contribution < 1.29 is 5.11 Å². The summed E-state index contributed by atoms with van der Waals surface area (Å²) in [7, 11) is 0. The Morgan fingerprint density at radius 3 is 2.80 bits per heavy atom. The summed E-state index contributed by atoms with van der Waals surface area (Å²) >= 11 is 0. The van der Waals surface area contributed by atoms with E-state index in [0.29, 0.717) is 6.42 Å². The number of aryl methyl sites for hydroxylation is 1. The van der Waals surface area contributed by atoms with Crippen molar-refractivity contribution in [3.8, 4) is 0 Å². The lowest BCUT2D eigenvalue weighted by atomic mass is 10.0. The number of fused-ring (bicyclic) bond motifs is 1. The van der Waals surface area contributed by atoms with E-state index < -0.39 is 0 Å². The van der Waals surface area contributed by atoms with Crippen LogP contribution in [0.25, 0.3) is 10.8 Å². The van der Waals surface area contributed by atoms with E-state index in [-0.39, 0.29) is 6.10 Å². The van der Waals surface area contributed by atoms with Gasteiger partial charge in [0.05, 0.1) is 6.10 Å². The van der Waals surface area contributed by atoms with Crippen LogP contribution in [0.15, 0.2) is 30.5 Å². The monoisotopic (exact) mass is 201 g/mol. The standard InChI is InChI=1S/C13H15NO/c1-9-5-12-4-3-11(6-10(2)15)7-13(12)8-14-9/h3-5,7-8,10,15H,6H2,1-2H3. The zero-order valence-electron chi connectivity index (χ0n) is 9.07. The summed E-state index contributed by atoms with van der Waals surface area (Å²) in [6.07, 6.45) is 2.29. The third-order valence-electron chi connectivity index (χ3n) is 2.45. The number of pyridine rings is 1. The Kier molecular flexibility index (Phi) is 2.69. The van der Waals surface area contributed by atoms with Gasteiger partial charge in [0.2, 0.25) is 0 Å². The van der Waals surface area contributed by atoms with Gasteiger partial charge in [-0.15, -0.1) is 0 Å². The molecule has 1 aromatic carbocycles. The number of aliphatic hydroxyl groups excluding tert-OH is 1. The third-order valence-corrected chi connectivity index (χ3v) is 2.45. The van der Waals surface area contributed by atoms with Crippen molar-refractivity contribution in [3.05, 3.63) is 41.7 Å². The van der Waals surface area contributed by atoms with Gasteiger partial charge in [-0.25, -0.2) is 0 Å². The van der Waals surface area contributed by atoms with Crippen molar-refractivity contribution in [2.45, 2.75) is 26.4 Å². The normalized spacial score (nSPS) is 13.0. The Morgan fingerprint density at radius 1 is 1.27 bits per heavy atom. The van der Waals surface area contributed by atoms with Crippen LogP contribution >= 0.6 is 0 Å². The van der Waals surface area contributed by atoms with Crippen molar-refractivity contribution >= 4 is 10.8 Å². The number of rotatable bonds is 2. The van der Waals surface area contributed by atoms with Crippen molar-refractivity contribution in [3.63, 3.8) is 0 Å². The van der Waals surface area contributed by atoms with E-state index in [1.807, 2.05) is 13.1 Å². The maximum absolute atomic E-state index is 9.31. The van der Waals surface area contributed by atoms with E-state index in [2.05, 4.69) is 29.2 Å². The largest absolute Gasteiger partial charge is 0.393 e. The van der Waals surface area contributed by atoms with Crippen LogP contribution in [-0.2, 0) is 6.42 Å². The maximum atomic E-state index is 9.31. The Morgan fingerprint density at radius 2 is 2.07 bits per heavy atom. The number of aromatic nitrogens is 1. The first-order valence-electron chi connectivity index (χ1n) is 5.18. The van der Waals surface area contributed by atoms with Crippen molar-refractivity contribution in [2.24, 2.45) is 0 Å². The Labute approximate surface area is 89.6 Å². The zero-order chi connectivity index (χ0) is 10.8. The first kappa shape index (κ1) is 10.1. The SMILES string of the molecule is Cc1cc2ccc(CC(C)O)cc2cn1. The van der Waals surface area contributed by atoms with Crippen molar-refractivity contribution in [1.29, 1.82) is 0 Å². The summed E-state index contributed by atoms with van der Waals surface area (Å²) < 4.78 is 0. The smallest absolute Gasteiger partial charge is 0.0552 e. The molecule has 1 atom stereocenters. The minimum Gasteiger partial charge on any atom is -0.393 e. The molecule has 2 aromatic rings. The van der Waals surface area contributed by atoms with Crippen molar-refractivity contribution in [1.82, 2.24) is 4.98 Å². The molecule has 1 unspecified atom stereocenters. The summed E-state index contributed by atoms with van der Waals surface area (Å²) in [4.78, 5) is 4.27. The summed E-state index contributed by atoms with van der Waals surface area (Å²) in [6.45, 7) is 3.79. The van der Waals surface area contributed by atoms with Crippen LogP contribution in [-0.4, -0.2) is 16.2 Å². The molecular weight excluding hydrogens is 186 g/mol. The molecule has 0 saturated heterocycles. The number of benzene rings is 1. The average Bonchev–Trinajstić information content (AvgIpc) is 2.17. The second-order valence-corrected chi connectivity index (χ2v) is 4.06. The first-order chi connectivity index (χ1) is 7.15. The van der Waals surface area contributed by atoms with Crippen LogP contribution in [0.2, 0.25) is 0 Å². The first-order valence-corrected chi connectivity index (χ1v) is 5.18. The number of hydrogen-bond donors (Lipinski definition) is 1. The molecule has 0 aliphatic rings. The lowest BCUT2D eigenvalue weighted by Gasteiger charge is -2.06. The molecule has 15 heavy (non-hydrogen) atoms. The molecule has 1 aromatic heterocycles. The second kappa shape index (κ2) is 3.99. The molecule has 78 valence electrons. The van der Waals surface area contributed by atoms with Gasteiger partial charge in [-0.3, -0.25) is 4.98 Å². The van der Waals surface area contributed by atoms with Crippen LogP contribution in [0, 0.1) is 6.92 Å². The fourth-order valence-corrected chi connectivity index (χ4v) is 1.77. The highest BCUT2D eigenvalue weighted by Gasteiger charge is 2.01. The van der Waals surface area contributed by atoms with Gasteiger partial charge >= 0.3 is 0 Å². The number of aliphatic hydroxyl groups is 1. The van der Waals surface area contributed by atoms with Crippen LogP contribution in [0.4, 0.5) is 0 Å². The topological polar surface area (TPSA) is 33.1 Å². The molecular formula is C13H15NO. The quantitative estimate of drug-likeness (QED) is 0.809. The molecule has 2 nitrogen and oxygen atoms in total. The van der Waals surface area contributed by atoms with Gasteiger partial charge in [-0.1, -0.05) is 12.1 Å². The zero-order valence-corrected chi connectivity index (χ0v) is 9.07. The van der Waals surface area contributed by atoms with E-state index in [9.17, 15) is 5.11 Å². The minimum atomic E-state index is -0.291. The molecule has 2 heteroatoms. The van der Waals surface area contributed by atoms with Crippen molar-refractivity contribution in [2.75, 3.05) is 0 Å². The highest BCUT2D eigenvalue weighted by atomic mass is 16.3. The van der Waals surface area contributed by atoms with Gasteiger partial charge in [0.1, 0.15) is 0 Å². The summed E-state index contributed by atoms with van der Waals surface area (Å²) in [5, 5.41) is 11.6. The van der Waals surface area contributed by atoms with E-state index in [4.69, 9.17) is 0 Å². The average molecular weight is 201 g/mol. The van der Waals surface area contributed by atoms with Gasteiger partial charge in [-0.2, -0.15) is 0 Å². The molecule has 0 aliphatic heterocycles. The van der Waals surface area contributed by atoms with Gasteiger partial charge in [0.25, 0.3) is 0 Å². The fourth-order valence-electron chi connectivity index (χ4n) is 1.77. The Bertz CT molecular complexity index is 477. The van der Waals surface area contributed by atoms with Crippen LogP contribution in [0.3, 0.4) is 0 Å². The lowest BCUT2D eigenvalue weighted by Crippen LogP contribution is -2.03. The van der Waals surface area contributed by atoms with Crippen LogP contribution < -0.4 is 0 Å². The molecule has 0 spiro atoms. The molecule has 0 radical (unpaired) electrons. The van der Waals surface area contributed by atoms with Gasteiger partial charge in [0, 0.05) is 17.3 Å². The molecule has 0 amide bonds. The van der Waals surface area contributed by atoms with Gasteiger partial charge < -0.3 is 5.11 Å². The van der Waals surface area contributed by atoms with E-state index in [1.54, 1.807) is 6.92 Å². The van der Waals surface area contributed by atoms with Crippen LogP contribution in [0.5, 0.6) is 0 Å².